The number of nitrogens with two attached hydrogens (primary N) is 1. The zero-order chi connectivity index (χ0) is 15.1. The second-order valence-electron chi connectivity index (χ2n) is 5.67. The summed E-state index contributed by atoms with van der Waals surface area (Å²) < 4.78 is 11.5. The minimum absolute atomic E-state index is 0.228. The van der Waals surface area contributed by atoms with Gasteiger partial charge in [0.25, 0.3) is 0 Å². The molecule has 0 spiro atoms. The van der Waals surface area contributed by atoms with Crippen molar-refractivity contribution in [3.8, 4) is 17.6 Å². The molecular formula is C17H24N2O2. The first kappa shape index (κ1) is 15.7. The van der Waals surface area contributed by atoms with Crippen LogP contribution in [0.25, 0.3) is 0 Å². The van der Waals surface area contributed by atoms with Crippen molar-refractivity contribution in [2.45, 2.75) is 44.6 Å². The Labute approximate surface area is 126 Å². The molecule has 0 heterocycles. The molecule has 1 aliphatic rings. The zero-order valence-corrected chi connectivity index (χ0v) is 12.7. The number of ether oxygens (including phenoxy) is 2. The van der Waals surface area contributed by atoms with Gasteiger partial charge in [-0.2, -0.15) is 5.26 Å². The van der Waals surface area contributed by atoms with Gasteiger partial charge in [0.15, 0.2) is 11.5 Å². The highest BCUT2D eigenvalue weighted by Crippen LogP contribution is 2.36. The number of hydrogen-bond acceptors (Lipinski definition) is 4. The fourth-order valence-corrected chi connectivity index (χ4v) is 2.86. The fraction of sp³-hybridized carbons (Fsp3) is 0.588. The van der Waals surface area contributed by atoms with Crippen molar-refractivity contribution in [1.29, 1.82) is 5.26 Å². The van der Waals surface area contributed by atoms with Crippen LogP contribution in [0.2, 0.25) is 0 Å². The van der Waals surface area contributed by atoms with Crippen LogP contribution in [0.5, 0.6) is 11.5 Å². The van der Waals surface area contributed by atoms with Crippen LogP contribution in [0, 0.1) is 17.2 Å². The summed E-state index contributed by atoms with van der Waals surface area (Å²) in [7, 11) is 0. The molecule has 4 heteroatoms. The molecule has 21 heavy (non-hydrogen) atoms. The van der Waals surface area contributed by atoms with Crippen LogP contribution in [0.15, 0.2) is 24.3 Å². The zero-order valence-electron chi connectivity index (χ0n) is 12.7. The van der Waals surface area contributed by atoms with Crippen molar-refractivity contribution < 1.29 is 9.47 Å². The van der Waals surface area contributed by atoms with Crippen LogP contribution < -0.4 is 15.2 Å². The predicted molar refractivity (Wildman–Crippen MR) is 82.2 cm³/mol. The van der Waals surface area contributed by atoms with Gasteiger partial charge in [-0.15, -0.1) is 0 Å². The highest BCUT2D eigenvalue weighted by Gasteiger charge is 2.39. The Morgan fingerprint density at radius 2 is 1.95 bits per heavy atom. The molecule has 1 aromatic rings. The van der Waals surface area contributed by atoms with E-state index in [0.717, 1.165) is 43.6 Å². The molecule has 114 valence electrons. The monoisotopic (exact) mass is 288 g/mol. The van der Waals surface area contributed by atoms with Crippen LogP contribution in [0.4, 0.5) is 0 Å². The lowest BCUT2D eigenvalue weighted by molar-refractivity contribution is 0.236. The highest BCUT2D eigenvalue weighted by atomic mass is 16.5. The number of para-hydroxylation sites is 2. The van der Waals surface area contributed by atoms with Gasteiger partial charge >= 0.3 is 0 Å². The molecule has 0 amide bonds. The van der Waals surface area contributed by atoms with E-state index in [0.29, 0.717) is 13.2 Å². The van der Waals surface area contributed by atoms with Gasteiger partial charge in [-0.05, 0) is 43.7 Å². The summed E-state index contributed by atoms with van der Waals surface area (Å²) in [6.07, 6.45) is 4.62. The standard InChI is InChI=1S/C17H24N2O2/c1-2-11-20-15-7-3-4-8-16(15)21-12-9-14-6-5-10-17(14,19)13-18/h3-4,7-8,14H,2,5-6,9-12,19H2,1H3. The van der Waals surface area contributed by atoms with E-state index in [4.69, 9.17) is 15.2 Å². The van der Waals surface area contributed by atoms with Gasteiger partial charge in [-0.25, -0.2) is 0 Å². The maximum atomic E-state index is 9.22. The minimum atomic E-state index is -0.665. The van der Waals surface area contributed by atoms with Gasteiger partial charge in [0.2, 0.25) is 0 Å². The summed E-state index contributed by atoms with van der Waals surface area (Å²) in [4.78, 5) is 0. The Hall–Kier alpha value is -1.73. The van der Waals surface area contributed by atoms with E-state index < -0.39 is 5.54 Å². The van der Waals surface area contributed by atoms with Crippen molar-refractivity contribution in [2.24, 2.45) is 11.7 Å². The third-order valence-corrected chi connectivity index (χ3v) is 4.11. The molecule has 1 aromatic carbocycles. The van der Waals surface area contributed by atoms with Crippen molar-refractivity contribution in [1.82, 2.24) is 0 Å². The number of nitriles is 1. The van der Waals surface area contributed by atoms with Crippen molar-refractivity contribution in [2.75, 3.05) is 13.2 Å². The third-order valence-electron chi connectivity index (χ3n) is 4.11. The van der Waals surface area contributed by atoms with Gasteiger partial charge in [0.1, 0.15) is 5.54 Å². The Kier molecular flexibility index (Phi) is 5.46. The lowest BCUT2D eigenvalue weighted by Crippen LogP contribution is -2.42. The third kappa shape index (κ3) is 3.89. The molecule has 1 aliphatic carbocycles. The first-order chi connectivity index (χ1) is 10.2. The second-order valence-corrected chi connectivity index (χ2v) is 5.67. The van der Waals surface area contributed by atoms with E-state index in [1.807, 2.05) is 24.3 Å². The van der Waals surface area contributed by atoms with Crippen LogP contribution in [0.3, 0.4) is 0 Å². The Balaban J connectivity index is 1.88. The molecule has 0 saturated heterocycles. The van der Waals surface area contributed by atoms with E-state index >= 15 is 0 Å². The van der Waals surface area contributed by atoms with E-state index in [2.05, 4.69) is 13.0 Å². The lowest BCUT2D eigenvalue weighted by Gasteiger charge is -2.23. The number of hydrogen-bond donors (Lipinski definition) is 1. The van der Waals surface area contributed by atoms with Crippen molar-refractivity contribution in [3.63, 3.8) is 0 Å². The Morgan fingerprint density at radius 3 is 2.57 bits per heavy atom. The number of rotatable bonds is 7. The van der Waals surface area contributed by atoms with Crippen molar-refractivity contribution >= 4 is 0 Å². The molecule has 1 fully saturated rings. The molecule has 2 unspecified atom stereocenters. The summed E-state index contributed by atoms with van der Waals surface area (Å²) in [5, 5.41) is 9.22. The summed E-state index contributed by atoms with van der Waals surface area (Å²) in [5.74, 6) is 1.78. The highest BCUT2D eigenvalue weighted by molar-refractivity contribution is 5.39. The molecule has 2 rings (SSSR count). The van der Waals surface area contributed by atoms with Gasteiger partial charge in [0, 0.05) is 0 Å². The normalized spacial score (nSPS) is 24.5. The smallest absolute Gasteiger partial charge is 0.161 e. The number of nitrogens with zero attached hydrogens (tertiary/aromatic N) is 1. The first-order valence-corrected chi connectivity index (χ1v) is 7.74. The first-order valence-electron chi connectivity index (χ1n) is 7.74. The predicted octanol–water partition coefficient (Wildman–Crippen LogP) is 3.27. The van der Waals surface area contributed by atoms with E-state index in [-0.39, 0.29) is 5.92 Å². The Bertz CT molecular complexity index is 498. The Morgan fingerprint density at radius 1 is 1.29 bits per heavy atom. The number of benzene rings is 1. The van der Waals surface area contributed by atoms with Crippen LogP contribution in [0.1, 0.15) is 39.0 Å². The maximum Gasteiger partial charge on any atom is 0.161 e. The van der Waals surface area contributed by atoms with Crippen LogP contribution >= 0.6 is 0 Å². The molecule has 4 nitrogen and oxygen atoms in total. The minimum Gasteiger partial charge on any atom is -0.490 e. The SMILES string of the molecule is CCCOc1ccccc1OCCC1CCCC1(N)C#N. The van der Waals surface area contributed by atoms with Gasteiger partial charge < -0.3 is 15.2 Å². The van der Waals surface area contributed by atoms with E-state index in [9.17, 15) is 5.26 Å². The van der Waals surface area contributed by atoms with Crippen molar-refractivity contribution in [3.05, 3.63) is 24.3 Å². The average Bonchev–Trinajstić information content (AvgIpc) is 2.88. The maximum absolute atomic E-state index is 9.22. The lowest BCUT2D eigenvalue weighted by atomic mass is 9.87. The van der Waals surface area contributed by atoms with Gasteiger partial charge in [0.05, 0.1) is 19.3 Å². The van der Waals surface area contributed by atoms with Crippen LogP contribution in [-0.4, -0.2) is 18.8 Å². The van der Waals surface area contributed by atoms with Gasteiger partial charge in [-0.3, -0.25) is 0 Å². The van der Waals surface area contributed by atoms with Crippen LogP contribution in [-0.2, 0) is 0 Å². The second kappa shape index (κ2) is 7.33. The van der Waals surface area contributed by atoms with E-state index in [1.54, 1.807) is 0 Å². The summed E-state index contributed by atoms with van der Waals surface area (Å²) in [6, 6.07) is 9.99. The molecular weight excluding hydrogens is 264 g/mol. The molecule has 0 bridgehead atoms. The molecule has 0 aromatic heterocycles. The summed E-state index contributed by atoms with van der Waals surface area (Å²) in [6.45, 7) is 3.33. The quantitative estimate of drug-likeness (QED) is 0.836. The summed E-state index contributed by atoms with van der Waals surface area (Å²) in [5.41, 5.74) is 5.47. The molecule has 2 atom stereocenters. The average molecular weight is 288 g/mol. The summed E-state index contributed by atoms with van der Waals surface area (Å²) >= 11 is 0. The fourth-order valence-electron chi connectivity index (χ4n) is 2.86. The molecule has 1 saturated carbocycles. The topological polar surface area (TPSA) is 68.3 Å². The van der Waals surface area contributed by atoms with Gasteiger partial charge in [-0.1, -0.05) is 25.5 Å². The largest absolute Gasteiger partial charge is 0.490 e. The van der Waals surface area contributed by atoms with E-state index in [1.165, 1.54) is 0 Å². The molecule has 2 N–H and O–H groups in total. The molecule has 0 aliphatic heterocycles. The molecule has 0 radical (unpaired) electrons.